The minimum atomic E-state index is -0.597. The number of thiazole rings is 1. The lowest BCUT2D eigenvalue weighted by atomic mass is 9.68. The van der Waals surface area contributed by atoms with Crippen LogP contribution in [-0.4, -0.2) is 15.9 Å². The topological polar surface area (TPSA) is 68.0 Å². The first-order valence-corrected chi connectivity index (χ1v) is 7.33. The van der Waals surface area contributed by atoms with E-state index < -0.39 is 5.41 Å². The third kappa shape index (κ3) is 2.40. The van der Waals surface area contributed by atoms with Crippen molar-refractivity contribution < 1.29 is 4.79 Å². The summed E-state index contributed by atoms with van der Waals surface area (Å²) in [6.45, 7) is 2.56. The van der Waals surface area contributed by atoms with E-state index in [0.29, 0.717) is 11.5 Å². The Labute approximate surface area is 116 Å². The lowest BCUT2D eigenvalue weighted by Gasteiger charge is -2.38. The molecular weight excluding hydrogens is 266 g/mol. The van der Waals surface area contributed by atoms with Crippen LogP contribution in [0.25, 0.3) is 0 Å². The molecule has 1 aromatic heterocycles. The molecular formula is C12H17N3OS2. The summed E-state index contributed by atoms with van der Waals surface area (Å²) in [5.41, 5.74) is 5.09. The number of amides is 1. The molecule has 0 unspecified atom stereocenters. The van der Waals surface area contributed by atoms with Gasteiger partial charge >= 0.3 is 0 Å². The van der Waals surface area contributed by atoms with Gasteiger partial charge in [-0.25, -0.2) is 4.98 Å². The molecule has 0 radical (unpaired) electrons. The summed E-state index contributed by atoms with van der Waals surface area (Å²) in [6, 6.07) is 0. The maximum atomic E-state index is 12.1. The molecule has 98 valence electrons. The Bertz CT molecular complexity index is 466. The fraction of sp³-hybridized carbons (Fsp3) is 0.583. The Balaban J connectivity index is 1.93. The van der Waals surface area contributed by atoms with Gasteiger partial charge < -0.3 is 11.1 Å². The molecule has 18 heavy (non-hydrogen) atoms. The second kappa shape index (κ2) is 5.32. The number of aryl methyl sites for hydroxylation is 1. The Hall–Kier alpha value is -1.01. The van der Waals surface area contributed by atoms with E-state index in [2.05, 4.69) is 17.2 Å². The molecule has 4 nitrogen and oxygen atoms in total. The van der Waals surface area contributed by atoms with Gasteiger partial charge in [-0.2, -0.15) is 0 Å². The number of thiocarbonyl (C=S) groups is 1. The van der Waals surface area contributed by atoms with E-state index in [4.69, 9.17) is 18.0 Å². The SMILES string of the molecule is CCc1cnc(CNC(=O)C2(C(N)=S)CCC2)s1. The van der Waals surface area contributed by atoms with E-state index in [9.17, 15) is 4.79 Å². The first kappa shape index (κ1) is 13.4. The van der Waals surface area contributed by atoms with Crippen molar-refractivity contribution in [2.45, 2.75) is 39.2 Å². The number of nitrogens with zero attached hydrogens (tertiary/aromatic N) is 1. The maximum Gasteiger partial charge on any atom is 0.233 e. The molecule has 1 aliphatic carbocycles. The van der Waals surface area contributed by atoms with Gasteiger partial charge in [0, 0.05) is 11.1 Å². The van der Waals surface area contributed by atoms with E-state index >= 15 is 0 Å². The van der Waals surface area contributed by atoms with Crippen LogP contribution >= 0.6 is 23.6 Å². The summed E-state index contributed by atoms with van der Waals surface area (Å²) < 4.78 is 0. The molecule has 1 aliphatic rings. The number of carbonyl (C=O) groups is 1. The lowest BCUT2D eigenvalue weighted by molar-refractivity contribution is -0.131. The first-order chi connectivity index (χ1) is 8.58. The number of hydrogen-bond acceptors (Lipinski definition) is 4. The molecule has 3 N–H and O–H groups in total. The monoisotopic (exact) mass is 283 g/mol. The number of rotatable bonds is 5. The number of nitrogens with one attached hydrogen (secondary N) is 1. The summed E-state index contributed by atoms with van der Waals surface area (Å²) in [5.74, 6) is -0.0468. The Morgan fingerprint density at radius 1 is 1.67 bits per heavy atom. The average Bonchev–Trinajstić information content (AvgIpc) is 2.72. The average molecular weight is 283 g/mol. The lowest BCUT2D eigenvalue weighted by Crippen LogP contribution is -2.52. The second-order valence-electron chi connectivity index (χ2n) is 4.56. The van der Waals surface area contributed by atoms with E-state index in [1.54, 1.807) is 11.3 Å². The van der Waals surface area contributed by atoms with Crippen molar-refractivity contribution in [3.63, 3.8) is 0 Å². The van der Waals surface area contributed by atoms with Gasteiger partial charge in [0.1, 0.15) is 5.01 Å². The van der Waals surface area contributed by atoms with Crippen molar-refractivity contribution in [2.75, 3.05) is 0 Å². The van der Waals surface area contributed by atoms with Crippen LogP contribution in [0.15, 0.2) is 6.20 Å². The fourth-order valence-electron chi connectivity index (χ4n) is 2.03. The zero-order valence-corrected chi connectivity index (χ0v) is 12.0. The van der Waals surface area contributed by atoms with Crippen molar-refractivity contribution in [1.29, 1.82) is 0 Å². The molecule has 1 aromatic rings. The van der Waals surface area contributed by atoms with E-state index in [-0.39, 0.29) is 5.91 Å². The van der Waals surface area contributed by atoms with Crippen LogP contribution in [0.5, 0.6) is 0 Å². The molecule has 1 saturated carbocycles. The van der Waals surface area contributed by atoms with Gasteiger partial charge in [-0.05, 0) is 19.3 Å². The van der Waals surface area contributed by atoms with E-state index in [1.165, 1.54) is 4.88 Å². The van der Waals surface area contributed by atoms with E-state index in [0.717, 1.165) is 30.7 Å². The van der Waals surface area contributed by atoms with Gasteiger partial charge in [-0.3, -0.25) is 4.79 Å². The van der Waals surface area contributed by atoms with Gasteiger partial charge in [-0.1, -0.05) is 25.6 Å². The summed E-state index contributed by atoms with van der Waals surface area (Å²) >= 11 is 6.64. The largest absolute Gasteiger partial charge is 0.392 e. The number of hydrogen-bond donors (Lipinski definition) is 2. The van der Waals surface area contributed by atoms with Crippen LogP contribution in [-0.2, 0) is 17.8 Å². The zero-order chi connectivity index (χ0) is 13.2. The molecule has 1 heterocycles. The van der Waals surface area contributed by atoms with Crippen LogP contribution in [0.2, 0.25) is 0 Å². The van der Waals surface area contributed by atoms with Gasteiger partial charge in [0.25, 0.3) is 0 Å². The molecule has 2 rings (SSSR count). The van der Waals surface area contributed by atoms with Crippen molar-refractivity contribution in [2.24, 2.45) is 11.1 Å². The molecule has 0 aromatic carbocycles. The van der Waals surface area contributed by atoms with Crippen molar-refractivity contribution in [1.82, 2.24) is 10.3 Å². The van der Waals surface area contributed by atoms with Crippen LogP contribution in [0.4, 0.5) is 0 Å². The summed E-state index contributed by atoms with van der Waals surface area (Å²) in [4.78, 5) is 18.0. The molecule has 1 amide bonds. The predicted octanol–water partition coefficient (Wildman–Crippen LogP) is 1.78. The summed E-state index contributed by atoms with van der Waals surface area (Å²) in [7, 11) is 0. The van der Waals surface area contributed by atoms with Crippen molar-refractivity contribution in [3.8, 4) is 0 Å². The number of carbonyl (C=O) groups excluding carboxylic acids is 1. The smallest absolute Gasteiger partial charge is 0.233 e. The Morgan fingerprint density at radius 3 is 2.83 bits per heavy atom. The van der Waals surface area contributed by atoms with Crippen LogP contribution in [0.3, 0.4) is 0 Å². The van der Waals surface area contributed by atoms with Gasteiger partial charge in [0.15, 0.2) is 0 Å². The number of nitrogens with two attached hydrogens (primary N) is 1. The minimum absolute atomic E-state index is 0.0468. The highest BCUT2D eigenvalue weighted by atomic mass is 32.1. The van der Waals surface area contributed by atoms with E-state index in [1.807, 2.05) is 6.20 Å². The molecule has 0 spiro atoms. The molecule has 0 aliphatic heterocycles. The van der Waals surface area contributed by atoms with Crippen LogP contribution in [0.1, 0.15) is 36.1 Å². The molecule has 6 heteroatoms. The molecule has 0 atom stereocenters. The summed E-state index contributed by atoms with van der Waals surface area (Å²) in [6.07, 6.45) is 5.39. The van der Waals surface area contributed by atoms with Gasteiger partial charge in [0.05, 0.1) is 16.9 Å². The molecule has 1 fully saturated rings. The number of aromatic nitrogens is 1. The van der Waals surface area contributed by atoms with Crippen molar-refractivity contribution >= 4 is 34.5 Å². The van der Waals surface area contributed by atoms with Gasteiger partial charge in [-0.15, -0.1) is 11.3 Å². The Kier molecular flexibility index (Phi) is 3.97. The molecule has 0 bridgehead atoms. The normalized spacial score (nSPS) is 16.9. The third-order valence-corrected chi connectivity index (χ3v) is 5.00. The van der Waals surface area contributed by atoms with Crippen molar-refractivity contribution in [3.05, 3.63) is 16.1 Å². The van der Waals surface area contributed by atoms with Crippen LogP contribution in [0, 0.1) is 5.41 Å². The highest BCUT2D eigenvalue weighted by Crippen LogP contribution is 2.41. The molecule has 0 saturated heterocycles. The fourth-order valence-corrected chi connectivity index (χ4v) is 3.13. The highest BCUT2D eigenvalue weighted by Gasteiger charge is 2.46. The zero-order valence-electron chi connectivity index (χ0n) is 10.4. The minimum Gasteiger partial charge on any atom is -0.392 e. The summed E-state index contributed by atoms with van der Waals surface area (Å²) in [5, 5.41) is 3.83. The van der Waals surface area contributed by atoms with Crippen LogP contribution < -0.4 is 11.1 Å². The Morgan fingerprint density at radius 2 is 2.39 bits per heavy atom. The third-order valence-electron chi connectivity index (χ3n) is 3.46. The first-order valence-electron chi connectivity index (χ1n) is 6.10. The second-order valence-corrected chi connectivity index (χ2v) is 6.20. The standard InChI is InChI=1S/C12H17N3OS2/c1-2-8-6-14-9(18-8)7-15-11(16)12(10(13)17)4-3-5-12/h6H,2-5,7H2,1H3,(H2,13,17)(H,15,16). The highest BCUT2D eigenvalue weighted by molar-refractivity contribution is 7.80. The quantitative estimate of drug-likeness (QED) is 0.808. The van der Waals surface area contributed by atoms with Gasteiger partial charge in [0.2, 0.25) is 5.91 Å². The maximum absolute atomic E-state index is 12.1. The predicted molar refractivity (Wildman–Crippen MR) is 76.4 cm³/mol.